The van der Waals surface area contributed by atoms with Crippen molar-refractivity contribution in [3.05, 3.63) is 34.3 Å². The smallest absolute Gasteiger partial charge is 0.200 e. The highest BCUT2D eigenvalue weighted by Gasteiger charge is 2.44. The molecule has 1 rings (SSSR count). The van der Waals surface area contributed by atoms with Crippen LogP contribution in [0.3, 0.4) is 0 Å². The van der Waals surface area contributed by atoms with Gasteiger partial charge in [0.15, 0.2) is 0 Å². The molecule has 0 aromatic heterocycles. The quantitative estimate of drug-likeness (QED) is 0.557. The minimum atomic E-state index is -1.78. The molecule has 0 unspecified atom stereocenters. The van der Waals surface area contributed by atoms with Gasteiger partial charge >= 0.3 is 0 Å². The fourth-order valence-corrected chi connectivity index (χ4v) is 9.16. The summed E-state index contributed by atoms with van der Waals surface area (Å²) in [6.07, 6.45) is 0. The summed E-state index contributed by atoms with van der Waals surface area (Å²) in [7, 11) is -1.78. The van der Waals surface area contributed by atoms with Crippen LogP contribution in [0, 0.1) is 6.92 Å². The number of aryl methyl sites for hydroxylation is 1. The van der Waals surface area contributed by atoms with Crippen LogP contribution in [0.2, 0.25) is 21.6 Å². The summed E-state index contributed by atoms with van der Waals surface area (Å²) in [6, 6.07) is 6.07. The lowest BCUT2D eigenvalue weighted by Gasteiger charge is -2.42. The van der Waals surface area contributed by atoms with Crippen molar-refractivity contribution < 1.29 is 4.43 Å². The maximum absolute atomic E-state index is 6.62. The monoisotopic (exact) mass is 312 g/mol. The van der Waals surface area contributed by atoms with Gasteiger partial charge in [-0.05, 0) is 46.8 Å². The molecule has 20 heavy (non-hydrogen) atoms. The number of benzene rings is 1. The molecule has 114 valence electrons. The maximum atomic E-state index is 6.62. The predicted molar refractivity (Wildman–Crippen MR) is 92.0 cm³/mol. The predicted octanol–water partition coefficient (Wildman–Crippen LogP) is 6.34. The number of halogens is 1. The van der Waals surface area contributed by atoms with Crippen LogP contribution in [-0.4, -0.2) is 8.32 Å². The molecule has 0 atom stereocenters. The third kappa shape index (κ3) is 3.66. The van der Waals surface area contributed by atoms with Crippen molar-refractivity contribution in [2.45, 2.75) is 71.7 Å². The second kappa shape index (κ2) is 7.10. The first-order valence-electron chi connectivity index (χ1n) is 7.60. The highest BCUT2D eigenvalue weighted by atomic mass is 35.5. The summed E-state index contributed by atoms with van der Waals surface area (Å²) in [6.45, 7) is 16.7. The first kappa shape index (κ1) is 17.7. The van der Waals surface area contributed by atoms with E-state index in [1.165, 1.54) is 11.1 Å². The average molecular weight is 313 g/mol. The van der Waals surface area contributed by atoms with Crippen LogP contribution in [-0.2, 0) is 11.0 Å². The van der Waals surface area contributed by atoms with Crippen LogP contribution in [0.1, 0.15) is 52.7 Å². The molecule has 0 saturated carbocycles. The summed E-state index contributed by atoms with van der Waals surface area (Å²) in [4.78, 5) is 0. The van der Waals surface area contributed by atoms with Crippen LogP contribution in [0.15, 0.2) is 18.2 Å². The summed E-state index contributed by atoms with van der Waals surface area (Å²) >= 11 is 6.03. The zero-order valence-corrected chi connectivity index (χ0v) is 15.7. The molecule has 0 aliphatic rings. The van der Waals surface area contributed by atoms with E-state index in [-0.39, 0.29) is 0 Å². The second-order valence-electron chi connectivity index (χ2n) is 6.68. The van der Waals surface area contributed by atoms with Crippen LogP contribution < -0.4 is 0 Å². The highest BCUT2D eigenvalue weighted by molar-refractivity contribution is 6.77. The Morgan fingerprint density at radius 1 is 1.00 bits per heavy atom. The first-order chi connectivity index (χ1) is 9.21. The lowest BCUT2D eigenvalue weighted by atomic mass is 10.1. The molecular formula is C17H29ClOSi. The highest BCUT2D eigenvalue weighted by Crippen LogP contribution is 2.42. The molecule has 1 aromatic carbocycles. The Morgan fingerprint density at radius 3 is 1.90 bits per heavy atom. The Kier molecular flexibility index (Phi) is 6.30. The molecule has 0 saturated heterocycles. The lowest BCUT2D eigenvalue weighted by Crippen LogP contribution is -2.47. The van der Waals surface area contributed by atoms with Gasteiger partial charge in [0.05, 0.1) is 6.61 Å². The standard InChI is InChI=1S/C17H29ClOSi/c1-12(2)20(13(3)4,14(5)6)19-11-16-8-9-17(18)10-15(16)7/h8-10,12-14H,11H2,1-7H3. The molecule has 3 heteroatoms. The molecule has 0 spiro atoms. The van der Waals surface area contributed by atoms with Crippen molar-refractivity contribution >= 4 is 19.9 Å². The van der Waals surface area contributed by atoms with E-state index in [2.05, 4.69) is 54.5 Å². The van der Waals surface area contributed by atoms with Gasteiger partial charge in [-0.2, -0.15) is 0 Å². The van der Waals surface area contributed by atoms with Gasteiger partial charge in [-0.25, -0.2) is 0 Å². The molecule has 1 aromatic rings. The van der Waals surface area contributed by atoms with E-state index in [0.717, 1.165) is 5.02 Å². The molecule has 0 N–H and O–H groups in total. The Balaban J connectivity index is 2.97. The van der Waals surface area contributed by atoms with E-state index >= 15 is 0 Å². The molecule has 0 heterocycles. The summed E-state index contributed by atoms with van der Waals surface area (Å²) in [5.74, 6) is 0. The largest absolute Gasteiger partial charge is 0.412 e. The third-order valence-corrected chi connectivity index (χ3v) is 10.8. The van der Waals surface area contributed by atoms with Gasteiger partial charge in [0.2, 0.25) is 8.32 Å². The zero-order valence-electron chi connectivity index (χ0n) is 14.0. The van der Waals surface area contributed by atoms with Crippen molar-refractivity contribution in [2.75, 3.05) is 0 Å². The first-order valence-corrected chi connectivity index (χ1v) is 10.1. The molecule has 0 bridgehead atoms. The summed E-state index contributed by atoms with van der Waals surface area (Å²) in [5.41, 5.74) is 4.34. The minimum Gasteiger partial charge on any atom is -0.412 e. The van der Waals surface area contributed by atoms with Crippen LogP contribution in [0.25, 0.3) is 0 Å². The molecule has 0 amide bonds. The van der Waals surface area contributed by atoms with Crippen molar-refractivity contribution in [1.82, 2.24) is 0 Å². The molecule has 0 fully saturated rings. The Hall–Kier alpha value is -0.313. The molecule has 1 nitrogen and oxygen atoms in total. The summed E-state index contributed by atoms with van der Waals surface area (Å²) < 4.78 is 6.62. The zero-order chi connectivity index (χ0) is 15.5. The van der Waals surface area contributed by atoms with Crippen LogP contribution in [0.4, 0.5) is 0 Å². The molecule has 0 radical (unpaired) electrons. The van der Waals surface area contributed by atoms with Gasteiger partial charge in [-0.1, -0.05) is 59.2 Å². The average Bonchev–Trinajstić information content (AvgIpc) is 2.30. The van der Waals surface area contributed by atoms with E-state index in [1.807, 2.05) is 12.1 Å². The van der Waals surface area contributed by atoms with Gasteiger partial charge in [-0.15, -0.1) is 0 Å². The fourth-order valence-electron chi connectivity index (χ4n) is 3.52. The Bertz CT molecular complexity index is 419. The van der Waals surface area contributed by atoms with Crippen LogP contribution in [0.5, 0.6) is 0 Å². The van der Waals surface area contributed by atoms with E-state index in [0.29, 0.717) is 23.2 Å². The number of hydrogen-bond donors (Lipinski definition) is 0. The van der Waals surface area contributed by atoms with Crippen molar-refractivity contribution in [3.63, 3.8) is 0 Å². The normalized spacial score (nSPS) is 12.8. The van der Waals surface area contributed by atoms with E-state index in [1.54, 1.807) is 0 Å². The lowest BCUT2D eigenvalue weighted by molar-refractivity contribution is 0.265. The van der Waals surface area contributed by atoms with Crippen molar-refractivity contribution in [1.29, 1.82) is 0 Å². The van der Waals surface area contributed by atoms with Crippen molar-refractivity contribution in [2.24, 2.45) is 0 Å². The topological polar surface area (TPSA) is 9.23 Å². The Labute approximate surface area is 130 Å². The SMILES string of the molecule is Cc1cc(Cl)ccc1CO[Si](C(C)C)(C(C)C)C(C)C. The summed E-state index contributed by atoms with van der Waals surface area (Å²) in [5, 5.41) is 0.798. The van der Waals surface area contributed by atoms with Gasteiger partial charge in [-0.3, -0.25) is 0 Å². The van der Waals surface area contributed by atoms with Gasteiger partial charge in [0.1, 0.15) is 0 Å². The molecule has 0 aliphatic carbocycles. The van der Waals surface area contributed by atoms with E-state index in [4.69, 9.17) is 16.0 Å². The second-order valence-corrected chi connectivity index (χ2v) is 12.6. The number of rotatable bonds is 6. The van der Waals surface area contributed by atoms with Gasteiger partial charge in [0, 0.05) is 5.02 Å². The maximum Gasteiger partial charge on any atom is 0.200 e. The van der Waals surface area contributed by atoms with E-state index < -0.39 is 8.32 Å². The molecular weight excluding hydrogens is 284 g/mol. The molecule has 0 aliphatic heterocycles. The van der Waals surface area contributed by atoms with Gasteiger partial charge < -0.3 is 4.43 Å². The van der Waals surface area contributed by atoms with Crippen molar-refractivity contribution in [3.8, 4) is 0 Å². The number of hydrogen-bond acceptors (Lipinski definition) is 1. The third-order valence-electron chi connectivity index (χ3n) is 4.49. The Morgan fingerprint density at radius 2 is 1.50 bits per heavy atom. The van der Waals surface area contributed by atoms with Gasteiger partial charge in [0.25, 0.3) is 0 Å². The minimum absolute atomic E-state index is 0.620. The fraction of sp³-hybridized carbons (Fsp3) is 0.647. The van der Waals surface area contributed by atoms with Crippen LogP contribution >= 0.6 is 11.6 Å². The van der Waals surface area contributed by atoms with E-state index in [9.17, 15) is 0 Å².